The standard InChI is InChI=1S/C13H16N2O4/c16-8(3-4-9(17)18)14-13(19)15-12-10-6-1-2-7(5-6)11(10)12/h3-4,6-7,10-12H,1-2,5H2,(H,17,18)(H2,14,15,16,19)/b4-3+. The first-order chi connectivity index (χ1) is 9.06. The second kappa shape index (κ2) is 4.36. The highest BCUT2D eigenvalue weighted by atomic mass is 16.4. The second-order valence-corrected chi connectivity index (χ2v) is 5.65. The molecule has 0 saturated heterocycles. The maximum absolute atomic E-state index is 11.6. The van der Waals surface area contributed by atoms with Gasteiger partial charge in [-0.1, -0.05) is 0 Å². The third-order valence-electron chi connectivity index (χ3n) is 4.65. The van der Waals surface area contributed by atoms with Gasteiger partial charge < -0.3 is 10.4 Å². The van der Waals surface area contributed by atoms with E-state index in [1.807, 2.05) is 0 Å². The fraction of sp³-hybridized carbons (Fsp3) is 0.615. The predicted octanol–water partition coefficient (Wildman–Crippen LogP) is 0.497. The second-order valence-electron chi connectivity index (χ2n) is 5.65. The lowest BCUT2D eigenvalue weighted by atomic mass is 10.0. The lowest BCUT2D eigenvalue weighted by Crippen LogP contribution is -2.41. The number of carboxylic acid groups (broad SMARTS) is 1. The summed E-state index contributed by atoms with van der Waals surface area (Å²) in [6.45, 7) is 0. The van der Waals surface area contributed by atoms with E-state index in [0.717, 1.165) is 17.9 Å². The Morgan fingerprint density at radius 2 is 1.68 bits per heavy atom. The van der Waals surface area contributed by atoms with Crippen molar-refractivity contribution >= 4 is 17.9 Å². The zero-order valence-electron chi connectivity index (χ0n) is 10.3. The van der Waals surface area contributed by atoms with Crippen LogP contribution < -0.4 is 10.6 Å². The number of carbonyl (C=O) groups excluding carboxylic acids is 2. The molecule has 3 aliphatic carbocycles. The zero-order chi connectivity index (χ0) is 13.6. The number of hydrogen-bond acceptors (Lipinski definition) is 3. The summed E-state index contributed by atoms with van der Waals surface area (Å²) in [5, 5.41) is 13.3. The fourth-order valence-electron chi connectivity index (χ4n) is 4.01. The first-order valence-electron chi connectivity index (χ1n) is 6.58. The summed E-state index contributed by atoms with van der Waals surface area (Å²) in [5.74, 6) is 0.784. The molecule has 3 amide bonds. The molecule has 4 atom stereocenters. The summed E-state index contributed by atoms with van der Waals surface area (Å²) >= 11 is 0. The van der Waals surface area contributed by atoms with Gasteiger partial charge in [-0.05, 0) is 42.9 Å². The quantitative estimate of drug-likeness (QED) is 0.647. The van der Waals surface area contributed by atoms with Gasteiger partial charge in [-0.3, -0.25) is 10.1 Å². The van der Waals surface area contributed by atoms with E-state index in [4.69, 9.17) is 5.11 Å². The van der Waals surface area contributed by atoms with Gasteiger partial charge in [0.15, 0.2) is 0 Å². The molecule has 0 aromatic carbocycles. The third kappa shape index (κ3) is 2.22. The highest BCUT2D eigenvalue weighted by Crippen LogP contribution is 2.65. The molecule has 3 fully saturated rings. The average molecular weight is 264 g/mol. The number of imide groups is 1. The molecule has 4 unspecified atom stereocenters. The molecule has 3 N–H and O–H groups in total. The van der Waals surface area contributed by atoms with Crippen molar-refractivity contribution in [1.82, 2.24) is 10.6 Å². The molecule has 0 aromatic heterocycles. The van der Waals surface area contributed by atoms with E-state index in [2.05, 4.69) is 10.6 Å². The Morgan fingerprint density at radius 1 is 1.05 bits per heavy atom. The van der Waals surface area contributed by atoms with E-state index in [0.29, 0.717) is 17.9 Å². The molecule has 19 heavy (non-hydrogen) atoms. The summed E-state index contributed by atoms with van der Waals surface area (Å²) in [4.78, 5) is 33.0. The van der Waals surface area contributed by atoms with Crippen LogP contribution in [0, 0.1) is 23.7 Å². The van der Waals surface area contributed by atoms with Crippen LogP contribution in [0.1, 0.15) is 19.3 Å². The van der Waals surface area contributed by atoms with Gasteiger partial charge in [0.1, 0.15) is 0 Å². The number of hydrogen-bond donors (Lipinski definition) is 3. The van der Waals surface area contributed by atoms with Crippen LogP contribution in [0.2, 0.25) is 0 Å². The minimum absolute atomic E-state index is 0.211. The zero-order valence-corrected chi connectivity index (χ0v) is 10.3. The number of aliphatic carboxylic acids is 1. The maximum Gasteiger partial charge on any atom is 0.328 e. The van der Waals surface area contributed by atoms with E-state index in [-0.39, 0.29) is 6.04 Å². The maximum atomic E-state index is 11.6. The van der Waals surface area contributed by atoms with Crippen molar-refractivity contribution < 1.29 is 19.5 Å². The van der Waals surface area contributed by atoms with Crippen LogP contribution in [-0.4, -0.2) is 29.1 Å². The summed E-state index contributed by atoms with van der Waals surface area (Å²) in [6.07, 6.45) is 5.38. The molecule has 102 valence electrons. The van der Waals surface area contributed by atoms with E-state index >= 15 is 0 Å². The van der Waals surface area contributed by atoms with E-state index in [9.17, 15) is 14.4 Å². The van der Waals surface area contributed by atoms with E-state index < -0.39 is 17.9 Å². The molecule has 0 spiro atoms. The summed E-state index contributed by atoms with van der Waals surface area (Å²) in [6, 6.07) is -0.318. The predicted molar refractivity (Wildman–Crippen MR) is 65.0 cm³/mol. The highest BCUT2D eigenvalue weighted by Gasteiger charge is 2.65. The number of carboxylic acids is 1. The first-order valence-corrected chi connectivity index (χ1v) is 6.58. The van der Waals surface area contributed by atoms with E-state index in [1.54, 1.807) is 0 Å². The van der Waals surface area contributed by atoms with Crippen molar-refractivity contribution in [3.05, 3.63) is 12.2 Å². The van der Waals surface area contributed by atoms with Crippen LogP contribution in [0.25, 0.3) is 0 Å². The molecule has 0 aliphatic heterocycles. The van der Waals surface area contributed by atoms with Crippen molar-refractivity contribution in [1.29, 1.82) is 0 Å². The summed E-state index contributed by atoms with van der Waals surface area (Å²) in [7, 11) is 0. The number of urea groups is 1. The Hall–Kier alpha value is -1.85. The van der Waals surface area contributed by atoms with Gasteiger partial charge in [0, 0.05) is 18.2 Å². The average Bonchev–Trinajstić information content (AvgIpc) is 2.74. The molecule has 3 rings (SSSR count). The van der Waals surface area contributed by atoms with Gasteiger partial charge in [-0.15, -0.1) is 0 Å². The van der Waals surface area contributed by atoms with Gasteiger partial charge in [0.05, 0.1) is 0 Å². The third-order valence-corrected chi connectivity index (χ3v) is 4.65. The van der Waals surface area contributed by atoms with Gasteiger partial charge >= 0.3 is 12.0 Å². The largest absolute Gasteiger partial charge is 0.478 e. The van der Waals surface area contributed by atoms with Gasteiger partial charge in [-0.2, -0.15) is 0 Å². The Labute approximate surface area is 110 Å². The molecule has 2 bridgehead atoms. The number of nitrogens with one attached hydrogen (secondary N) is 2. The van der Waals surface area contributed by atoms with Crippen LogP contribution in [0.3, 0.4) is 0 Å². The van der Waals surface area contributed by atoms with Crippen molar-refractivity contribution in [2.45, 2.75) is 25.3 Å². The summed E-state index contributed by atoms with van der Waals surface area (Å²) < 4.78 is 0. The monoisotopic (exact) mass is 264 g/mol. The van der Waals surface area contributed by atoms with Gasteiger partial charge in [0.2, 0.25) is 0 Å². The Morgan fingerprint density at radius 3 is 2.26 bits per heavy atom. The molecule has 6 heteroatoms. The van der Waals surface area contributed by atoms with Crippen LogP contribution in [0.15, 0.2) is 12.2 Å². The molecular formula is C13H16N2O4. The van der Waals surface area contributed by atoms with Gasteiger partial charge in [0.25, 0.3) is 5.91 Å². The number of carbonyl (C=O) groups is 3. The molecule has 0 radical (unpaired) electrons. The van der Waals surface area contributed by atoms with Crippen molar-refractivity contribution in [2.75, 3.05) is 0 Å². The molecular weight excluding hydrogens is 248 g/mol. The Bertz CT molecular complexity index is 457. The number of fused-ring (bicyclic) bond motifs is 5. The first kappa shape index (κ1) is 12.2. The SMILES string of the molecule is O=C(O)/C=C/C(=O)NC(=O)NC1C2C3CCC(C3)C12. The molecule has 3 saturated carbocycles. The topological polar surface area (TPSA) is 95.5 Å². The minimum atomic E-state index is -1.22. The van der Waals surface area contributed by atoms with Crippen molar-refractivity contribution in [2.24, 2.45) is 23.7 Å². The molecule has 6 nitrogen and oxygen atoms in total. The van der Waals surface area contributed by atoms with E-state index in [1.165, 1.54) is 19.3 Å². The Kier molecular flexibility index (Phi) is 2.80. The molecule has 3 aliphatic rings. The van der Waals surface area contributed by atoms with Crippen molar-refractivity contribution in [3.63, 3.8) is 0 Å². The van der Waals surface area contributed by atoms with Gasteiger partial charge in [-0.25, -0.2) is 9.59 Å². The minimum Gasteiger partial charge on any atom is -0.478 e. The number of amides is 3. The lowest BCUT2D eigenvalue weighted by Gasteiger charge is -2.10. The fourth-order valence-corrected chi connectivity index (χ4v) is 4.01. The van der Waals surface area contributed by atoms with Crippen LogP contribution in [-0.2, 0) is 9.59 Å². The Balaban J connectivity index is 1.46. The van der Waals surface area contributed by atoms with Crippen LogP contribution >= 0.6 is 0 Å². The van der Waals surface area contributed by atoms with Crippen LogP contribution in [0.4, 0.5) is 4.79 Å². The lowest BCUT2D eigenvalue weighted by molar-refractivity contribution is -0.131. The van der Waals surface area contributed by atoms with Crippen LogP contribution in [0.5, 0.6) is 0 Å². The normalized spacial score (nSPS) is 38.0. The molecule has 0 aromatic rings. The van der Waals surface area contributed by atoms with Crippen molar-refractivity contribution in [3.8, 4) is 0 Å². The highest BCUT2D eigenvalue weighted by molar-refractivity contribution is 6.02. The number of rotatable bonds is 3. The molecule has 0 heterocycles. The summed E-state index contributed by atoms with van der Waals surface area (Å²) in [5.41, 5.74) is 0. The smallest absolute Gasteiger partial charge is 0.328 e.